The van der Waals surface area contributed by atoms with Gasteiger partial charge in [-0.05, 0) is 69.2 Å². The average molecular weight is 478 g/mol. The first-order chi connectivity index (χ1) is 16.9. The quantitative estimate of drug-likeness (QED) is 0.516. The lowest BCUT2D eigenvalue weighted by atomic mass is 9.85. The molecule has 0 atom stereocenters. The molecule has 2 aliphatic rings. The first kappa shape index (κ1) is 23.5. The van der Waals surface area contributed by atoms with E-state index in [0.29, 0.717) is 0 Å². The number of hydrogen-bond donors (Lipinski definition) is 3. The van der Waals surface area contributed by atoms with E-state index < -0.39 is 0 Å². The topological polar surface area (TPSA) is 105 Å². The summed E-state index contributed by atoms with van der Waals surface area (Å²) in [5.41, 5.74) is 10.7. The van der Waals surface area contributed by atoms with Crippen LogP contribution in [0.3, 0.4) is 0 Å². The van der Waals surface area contributed by atoms with Gasteiger partial charge in [-0.1, -0.05) is 12.1 Å². The molecule has 35 heavy (non-hydrogen) atoms. The molecule has 5 rings (SSSR count). The van der Waals surface area contributed by atoms with Crippen LogP contribution in [0.4, 0.5) is 11.4 Å². The molecule has 0 bridgehead atoms. The fourth-order valence-corrected chi connectivity index (χ4v) is 5.64. The third-order valence-corrected chi connectivity index (χ3v) is 7.72. The smallest absolute Gasteiger partial charge is 0.326 e. The van der Waals surface area contributed by atoms with Gasteiger partial charge in [-0.2, -0.15) is 0 Å². The van der Waals surface area contributed by atoms with Gasteiger partial charge < -0.3 is 25.7 Å². The summed E-state index contributed by atoms with van der Waals surface area (Å²) in [6, 6.07) is 12.2. The van der Waals surface area contributed by atoms with E-state index in [9.17, 15) is 9.59 Å². The number of benzene rings is 2. The number of fused-ring (bicyclic) bond motifs is 1. The minimum Gasteiger partial charge on any atom is -0.496 e. The Balaban J connectivity index is 1.29. The molecule has 0 unspecified atom stereocenters. The van der Waals surface area contributed by atoms with E-state index in [1.165, 1.54) is 0 Å². The lowest BCUT2D eigenvalue weighted by Gasteiger charge is -2.32. The highest BCUT2D eigenvalue weighted by Crippen LogP contribution is 2.35. The summed E-state index contributed by atoms with van der Waals surface area (Å²) >= 11 is 0. The zero-order chi connectivity index (χ0) is 24.5. The Morgan fingerprint density at radius 1 is 1.09 bits per heavy atom. The minimum absolute atomic E-state index is 0.0335. The molecule has 186 valence electrons. The largest absolute Gasteiger partial charge is 0.496 e. The number of imidazole rings is 1. The first-order valence-electron chi connectivity index (χ1n) is 12.6. The number of piperidine rings is 1. The van der Waals surface area contributed by atoms with Gasteiger partial charge in [0, 0.05) is 42.8 Å². The van der Waals surface area contributed by atoms with Crippen molar-refractivity contribution in [2.75, 3.05) is 30.4 Å². The maximum atomic E-state index is 13.0. The Hall–Kier alpha value is -3.26. The van der Waals surface area contributed by atoms with Crippen LogP contribution in [0.1, 0.15) is 50.1 Å². The van der Waals surface area contributed by atoms with Crippen molar-refractivity contribution in [3.8, 4) is 5.75 Å². The first-order valence-corrected chi connectivity index (χ1v) is 12.6. The molecule has 1 amide bonds. The monoisotopic (exact) mass is 477 g/mol. The zero-order valence-electron chi connectivity index (χ0n) is 20.5. The highest BCUT2D eigenvalue weighted by atomic mass is 16.5. The number of carbonyl (C=O) groups excluding carboxylic acids is 1. The van der Waals surface area contributed by atoms with Crippen LogP contribution in [0.5, 0.6) is 5.75 Å². The number of anilines is 2. The highest BCUT2D eigenvalue weighted by Gasteiger charge is 2.30. The van der Waals surface area contributed by atoms with Crippen molar-refractivity contribution in [2.45, 2.75) is 57.5 Å². The van der Waals surface area contributed by atoms with Crippen molar-refractivity contribution in [3.05, 3.63) is 52.4 Å². The maximum absolute atomic E-state index is 13.0. The number of aromatic amines is 1. The third-order valence-electron chi connectivity index (χ3n) is 7.72. The molecule has 3 aromatic rings. The number of nitrogens with zero attached hydrogens (tertiary/aromatic N) is 2. The van der Waals surface area contributed by atoms with E-state index in [-0.39, 0.29) is 29.6 Å². The number of nitrogens with two attached hydrogens (primary N) is 1. The minimum atomic E-state index is -0.0687. The molecule has 0 spiro atoms. The number of rotatable bonds is 5. The van der Waals surface area contributed by atoms with Gasteiger partial charge in [0.25, 0.3) is 0 Å². The van der Waals surface area contributed by atoms with Gasteiger partial charge in [-0.25, -0.2) is 4.79 Å². The summed E-state index contributed by atoms with van der Waals surface area (Å²) in [6.07, 6.45) is 5.02. The number of hydrogen-bond acceptors (Lipinski definition) is 5. The Bertz CT molecular complexity index is 1260. The van der Waals surface area contributed by atoms with E-state index >= 15 is 0 Å². The van der Waals surface area contributed by atoms with Crippen LogP contribution in [0.2, 0.25) is 0 Å². The van der Waals surface area contributed by atoms with Gasteiger partial charge in [-0.15, -0.1) is 0 Å². The summed E-state index contributed by atoms with van der Waals surface area (Å²) in [7, 11) is 1.63. The second-order valence-corrected chi connectivity index (χ2v) is 9.97. The Morgan fingerprint density at radius 3 is 2.54 bits per heavy atom. The third kappa shape index (κ3) is 4.67. The molecular formula is C27H35N5O3. The van der Waals surface area contributed by atoms with Crippen molar-refractivity contribution >= 4 is 28.3 Å². The number of aryl methyl sites for hydroxylation is 1. The SMILES string of the molecule is COc1cc(NC(=O)[C@H]2CC[C@@H](n3c(=O)[nH]c4c(N5CCC(N)CC5)cccc43)CC2)ccc1C. The van der Waals surface area contributed by atoms with E-state index in [2.05, 4.69) is 21.3 Å². The summed E-state index contributed by atoms with van der Waals surface area (Å²) in [4.78, 5) is 31.4. The standard InChI is InChI=1S/C27H35N5O3/c1-17-6-9-20(16-24(17)35-2)29-26(33)18-7-10-21(11-8-18)32-23-5-3-4-22(25(23)30-27(32)34)31-14-12-19(28)13-15-31/h3-6,9,16,18-19,21H,7-8,10-15,28H2,1-2H3,(H,29,33)(H,30,34)/t18-,21+. The molecule has 1 aliphatic heterocycles. The van der Waals surface area contributed by atoms with Crippen molar-refractivity contribution < 1.29 is 9.53 Å². The normalized spacial score (nSPS) is 21.3. The second kappa shape index (κ2) is 9.77. The fraction of sp³-hybridized carbons (Fsp3) is 0.481. The molecule has 2 fully saturated rings. The van der Waals surface area contributed by atoms with E-state index in [0.717, 1.165) is 85.3 Å². The Labute approximate surface area is 205 Å². The number of para-hydroxylation sites is 1. The molecule has 1 saturated carbocycles. The number of aromatic nitrogens is 2. The lowest BCUT2D eigenvalue weighted by molar-refractivity contribution is -0.121. The predicted octanol–water partition coefficient (Wildman–Crippen LogP) is 3.94. The van der Waals surface area contributed by atoms with Crippen LogP contribution in [-0.2, 0) is 4.79 Å². The van der Waals surface area contributed by atoms with E-state index in [4.69, 9.17) is 10.5 Å². The number of nitrogens with one attached hydrogen (secondary N) is 2. The molecule has 2 aromatic carbocycles. The van der Waals surface area contributed by atoms with Gasteiger partial charge in [0.2, 0.25) is 5.91 Å². The molecule has 4 N–H and O–H groups in total. The molecule has 8 heteroatoms. The van der Waals surface area contributed by atoms with Crippen LogP contribution in [-0.4, -0.2) is 41.7 Å². The molecule has 1 aliphatic carbocycles. The second-order valence-electron chi connectivity index (χ2n) is 9.97. The van der Waals surface area contributed by atoms with Crippen LogP contribution >= 0.6 is 0 Å². The van der Waals surface area contributed by atoms with E-state index in [1.54, 1.807) is 7.11 Å². The zero-order valence-corrected chi connectivity index (χ0v) is 20.5. The number of amides is 1. The van der Waals surface area contributed by atoms with Gasteiger partial charge in [0.05, 0.1) is 23.8 Å². The van der Waals surface area contributed by atoms with Crippen molar-refractivity contribution in [2.24, 2.45) is 11.7 Å². The summed E-state index contributed by atoms with van der Waals surface area (Å²) in [5.74, 6) is 0.732. The van der Waals surface area contributed by atoms with Gasteiger partial charge in [-0.3, -0.25) is 9.36 Å². The Kier molecular flexibility index (Phi) is 6.56. The molecule has 2 heterocycles. The summed E-state index contributed by atoms with van der Waals surface area (Å²) in [6.45, 7) is 3.78. The van der Waals surface area contributed by atoms with Gasteiger partial charge >= 0.3 is 5.69 Å². The number of ether oxygens (including phenoxy) is 1. The summed E-state index contributed by atoms with van der Waals surface area (Å²) in [5, 5.41) is 3.04. The molecule has 8 nitrogen and oxygen atoms in total. The molecule has 1 aromatic heterocycles. The number of H-pyrrole nitrogens is 1. The Morgan fingerprint density at radius 2 is 1.83 bits per heavy atom. The predicted molar refractivity (Wildman–Crippen MR) is 139 cm³/mol. The van der Waals surface area contributed by atoms with Crippen molar-refractivity contribution in [1.82, 2.24) is 9.55 Å². The van der Waals surface area contributed by atoms with E-state index in [1.807, 2.05) is 41.8 Å². The molecule has 0 radical (unpaired) electrons. The molecular weight excluding hydrogens is 442 g/mol. The lowest BCUT2D eigenvalue weighted by Crippen LogP contribution is -2.39. The van der Waals surface area contributed by atoms with Crippen LogP contribution in [0.15, 0.2) is 41.2 Å². The van der Waals surface area contributed by atoms with Crippen LogP contribution in [0, 0.1) is 12.8 Å². The van der Waals surface area contributed by atoms with Gasteiger partial charge in [0.1, 0.15) is 5.75 Å². The summed E-state index contributed by atoms with van der Waals surface area (Å²) < 4.78 is 7.28. The maximum Gasteiger partial charge on any atom is 0.326 e. The number of methoxy groups -OCH3 is 1. The van der Waals surface area contributed by atoms with Gasteiger partial charge in [0.15, 0.2) is 0 Å². The fourth-order valence-electron chi connectivity index (χ4n) is 5.64. The van der Waals surface area contributed by atoms with Crippen LogP contribution < -0.4 is 26.4 Å². The van der Waals surface area contributed by atoms with Crippen molar-refractivity contribution in [1.29, 1.82) is 0 Å². The molecule has 1 saturated heterocycles. The van der Waals surface area contributed by atoms with Crippen LogP contribution in [0.25, 0.3) is 11.0 Å². The highest BCUT2D eigenvalue weighted by molar-refractivity contribution is 5.93. The van der Waals surface area contributed by atoms with Crippen molar-refractivity contribution in [3.63, 3.8) is 0 Å². The average Bonchev–Trinajstić information content (AvgIpc) is 3.21. The number of carbonyl (C=O) groups is 1.